The second-order valence-corrected chi connectivity index (χ2v) is 7.65. The van der Waals surface area contributed by atoms with Gasteiger partial charge in [-0.2, -0.15) is 5.10 Å². The van der Waals surface area contributed by atoms with Crippen LogP contribution < -0.4 is 11.1 Å². The molecule has 2 heterocycles. The largest absolute Gasteiger partial charge is 0.402 e. The van der Waals surface area contributed by atoms with Crippen molar-refractivity contribution in [2.75, 3.05) is 13.6 Å². The number of H-pyrrole nitrogens is 1. The number of amides is 1. The zero-order valence-electron chi connectivity index (χ0n) is 16.4. The van der Waals surface area contributed by atoms with Gasteiger partial charge >= 0.3 is 0 Å². The minimum absolute atomic E-state index is 0.147. The highest BCUT2D eigenvalue weighted by Gasteiger charge is 2.16. The molecule has 0 radical (unpaired) electrons. The SMILES string of the molecule is CN=C/C(CNC(=O)c1cc(Sc2ccc3[nH]ncc3c2)c(C)n1C)=C(/C)N. The molecule has 0 bridgehead atoms. The van der Waals surface area contributed by atoms with Gasteiger partial charge in [0, 0.05) is 59.0 Å². The fourth-order valence-electron chi connectivity index (χ4n) is 2.81. The Morgan fingerprint density at radius 3 is 2.93 bits per heavy atom. The van der Waals surface area contributed by atoms with Crippen LogP contribution in [0.15, 0.2) is 56.5 Å². The van der Waals surface area contributed by atoms with Crippen LogP contribution in [0.2, 0.25) is 0 Å². The molecule has 1 aromatic carbocycles. The molecule has 3 rings (SSSR count). The fourth-order valence-corrected chi connectivity index (χ4v) is 3.84. The van der Waals surface area contributed by atoms with Crippen molar-refractivity contribution < 1.29 is 4.79 Å². The maximum atomic E-state index is 12.7. The molecule has 146 valence electrons. The van der Waals surface area contributed by atoms with Gasteiger partial charge in [0.25, 0.3) is 5.91 Å². The maximum absolute atomic E-state index is 12.7. The number of carbonyl (C=O) groups excluding carboxylic acids is 1. The first-order chi connectivity index (χ1) is 13.4. The number of nitrogens with one attached hydrogen (secondary N) is 2. The minimum Gasteiger partial charge on any atom is -0.402 e. The number of nitrogens with zero attached hydrogens (tertiary/aromatic N) is 3. The summed E-state index contributed by atoms with van der Waals surface area (Å²) < 4.78 is 1.90. The summed E-state index contributed by atoms with van der Waals surface area (Å²) >= 11 is 1.63. The van der Waals surface area contributed by atoms with Crippen molar-refractivity contribution in [3.63, 3.8) is 0 Å². The Bertz CT molecular complexity index is 1070. The fraction of sp³-hybridized carbons (Fsp3) is 0.250. The lowest BCUT2D eigenvalue weighted by molar-refractivity contribution is 0.0949. The first kappa shape index (κ1) is 19.8. The topological polar surface area (TPSA) is 101 Å². The molecule has 0 saturated carbocycles. The maximum Gasteiger partial charge on any atom is 0.268 e. The monoisotopic (exact) mass is 396 g/mol. The van der Waals surface area contributed by atoms with Crippen molar-refractivity contribution >= 4 is 34.8 Å². The molecule has 8 heteroatoms. The number of carbonyl (C=O) groups is 1. The summed E-state index contributed by atoms with van der Waals surface area (Å²) in [5.41, 5.74) is 9.92. The van der Waals surface area contributed by atoms with E-state index in [1.165, 1.54) is 0 Å². The average Bonchev–Trinajstić information content (AvgIpc) is 3.24. The molecule has 0 aliphatic rings. The van der Waals surface area contributed by atoms with Crippen LogP contribution in [0.1, 0.15) is 23.1 Å². The number of fused-ring (bicyclic) bond motifs is 1. The summed E-state index contributed by atoms with van der Waals surface area (Å²) in [5, 5.41) is 11.0. The molecule has 0 unspecified atom stereocenters. The molecule has 0 fully saturated rings. The Labute approximate surface area is 168 Å². The Kier molecular flexibility index (Phi) is 5.89. The van der Waals surface area contributed by atoms with Gasteiger partial charge < -0.3 is 15.6 Å². The van der Waals surface area contributed by atoms with Gasteiger partial charge in [0.1, 0.15) is 5.69 Å². The van der Waals surface area contributed by atoms with E-state index in [4.69, 9.17) is 5.73 Å². The van der Waals surface area contributed by atoms with Gasteiger partial charge in [-0.3, -0.25) is 14.9 Å². The number of allylic oxidation sites excluding steroid dienone is 1. The van der Waals surface area contributed by atoms with Crippen LogP contribution >= 0.6 is 11.8 Å². The van der Waals surface area contributed by atoms with Gasteiger partial charge in [-0.15, -0.1) is 0 Å². The van der Waals surface area contributed by atoms with Crippen LogP contribution in [0.4, 0.5) is 0 Å². The second kappa shape index (κ2) is 8.35. The van der Waals surface area contributed by atoms with E-state index in [2.05, 4.69) is 26.6 Å². The lowest BCUT2D eigenvalue weighted by atomic mass is 10.2. The molecular weight excluding hydrogens is 372 g/mol. The van der Waals surface area contributed by atoms with Crippen molar-refractivity contribution in [1.29, 1.82) is 0 Å². The number of rotatable bonds is 6. The molecular formula is C20H24N6OS. The van der Waals surface area contributed by atoms with Gasteiger partial charge in [-0.1, -0.05) is 11.8 Å². The van der Waals surface area contributed by atoms with E-state index in [1.807, 2.05) is 36.7 Å². The molecule has 2 aromatic heterocycles. The molecule has 3 aromatic rings. The molecule has 0 atom stereocenters. The van der Waals surface area contributed by atoms with Crippen LogP contribution in [0.5, 0.6) is 0 Å². The second-order valence-electron chi connectivity index (χ2n) is 6.54. The summed E-state index contributed by atoms with van der Waals surface area (Å²) in [7, 11) is 3.57. The third-order valence-corrected chi connectivity index (χ3v) is 5.71. The Hall–Kier alpha value is -3.00. The number of aromatic amines is 1. The van der Waals surface area contributed by atoms with Crippen molar-refractivity contribution in [3.05, 3.63) is 53.1 Å². The van der Waals surface area contributed by atoms with Gasteiger partial charge in [-0.05, 0) is 38.1 Å². The molecule has 0 aliphatic carbocycles. The lowest BCUT2D eigenvalue weighted by Crippen LogP contribution is -2.28. The lowest BCUT2D eigenvalue weighted by Gasteiger charge is -2.08. The third-order valence-electron chi connectivity index (χ3n) is 4.59. The molecule has 4 N–H and O–H groups in total. The van der Waals surface area contributed by atoms with E-state index in [-0.39, 0.29) is 5.91 Å². The van der Waals surface area contributed by atoms with E-state index in [1.54, 1.807) is 38.1 Å². The van der Waals surface area contributed by atoms with Crippen molar-refractivity contribution in [3.8, 4) is 0 Å². The van der Waals surface area contributed by atoms with Crippen LogP contribution in [0.3, 0.4) is 0 Å². The summed E-state index contributed by atoms with van der Waals surface area (Å²) in [5.74, 6) is -0.147. The standard InChI is InChI=1S/C20H24N6OS/c1-12(21)15(9-22-3)10-23-20(27)18-8-19(13(2)26(18)4)28-16-5-6-17-14(7-16)11-24-25-17/h5-9,11H,10,21H2,1-4H3,(H,23,27)(H,24,25)/b15-12+,22-9?. The van der Waals surface area contributed by atoms with E-state index < -0.39 is 0 Å². The average molecular weight is 397 g/mol. The summed E-state index contributed by atoms with van der Waals surface area (Å²) in [4.78, 5) is 18.8. The summed E-state index contributed by atoms with van der Waals surface area (Å²) in [6, 6.07) is 8.06. The zero-order valence-corrected chi connectivity index (χ0v) is 17.2. The van der Waals surface area contributed by atoms with Crippen LogP contribution in [0.25, 0.3) is 10.9 Å². The first-order valence-electron chi connectivity index (χ1n) is 8.83. The van der Waals surface area contributed by atoms with Crippen LogP contribution in [0, 0.1) is 6.92 Å². The number of aromatic nitrogens is 3. The van der Waals surface area contributed by atoms with Gasteiger partial charge in [0.05, 0.1) is 11.7 Å². The number of hydrogen-bond acceptors (Lipinski definition) is 5. The predicted molar refractivity (Wildman–Crippen MR) is 114 cm³/mol. The number of nitrogens with two attached hydrogens (primary N) is 1. The Morgan fingerprint density at radius 1 is 1.43 bits per heavy atom. The highest BCUT2D eigenvalue weighted by atomic mass is 32.2. The normalized spacial score (nSPS) is 12.6. The van der Waals surface area contributed by atoms with Crippen molar-refractivity contribution in [2.45, 2.75) is 23.6 Å². The smallest absolute Gasteiger partial charge is 0.268 e. The summed E-state index contributed by atoms with van der Waals surface area (Å²) in [6.45, 7) is 4.14. The number of benzene rings is 1. The predicted octanol–water partition coefficient (Wildman–Crippen LogP) is 3.02. The van der Waals surface area contributed by atoms with Gasteiger partial charge in [0.15, 0.2) is 0 Å². The van der Waals surface area contributed by atoms with Gasteiger partial charge in [-0.25, -0.2) is 0 Å². The van der Waals surface area contributed by atoms with E-state index in [9.17, 15) is 4.79 Å². The molecule has 7 nitrogen and oxygen atoms in total. The quantitative estimate of drug-likeness (QED) is 0.558. The van der Waals surface area contributed by atoms with Crippen LogP contribution in [-0.4, -0.2) is 40.5 Å². The Balaban J connectivity index is 1.78. The number of hydrogen-bond donors (Lipinski definition) is 3. The van der Waals surface area contributed by atoms with Gasteiger partial charge in [0.2, 0.25) is 0 Å². The summed E-state index contributed by atoms with van der Waals surface area (Å²) in [6.07, 6.45) is 3.47. The molecule has 1 amide bonds. The molecule has 0 saturated heterocycles. The first-order valence-corrected chi connectivity index (χ1v) is 9.65. The highest BCUT2D eigenvalue weighted by molar-refractivity contribution is 7.99. The van der Waals surface area contributed by atoms with E-state index >= 15 is 0 Å². The van der Waals surface area contributed by atoms with E-state index in [0.717, 1.165) is 32.0 Å². The Morgan fingerprint density at radius 2 is 2.21 bits per heavy atom. The van der Waals surface area contributed by atoms with Crippen molar-refractivity contribution in [2.24, 2.45) is 17.8 Å². The van der Waals surface area contributed by atoms with Crippen LogP contribution in [-0.2, 0) is 7.05 Å². The van der Waals surface area contributed by atoms with E-state index in [0.29, 0.717) is 17.9 Å². The highest BCUT2D eigenvalue weighted by Crippen LogP contribution is 2.33. The molecule has 0 aliphatic heterocycles. The van der Waals surface area contributed by atoms with Crippen molar-refractivity contribution in [1.82, 2.24) is 20.1 Å². The zero-order chi connectivity index (χ0) is 20.3. The minimum atomic E-state index is -0.147. The third kappa shape index (κ3) is 4.12. The molecule has 28 heavy (non-hydrogen) atoms. The molecule has 0 spiro atoms. The number of aliphatic imine (C=N–C) groups is 1.